The van der Waals surface area contributed by atoms with Gasteiger partial charge in [0.2, 0.25) is 0 Å². The minimum Gasteiger partial charge on any atom is -0.377 e. The van der Waals surface area contributed by atoms with Gasteiger partial charge in [-0.1, -0.05) is 24.1 Å². The maximum absolute atomic E-state index is 12.5. The van der Waals surface area contributed by atoms with Crippen LogP contribution < -0.4 is 0 Å². The third-order valence-electron chi connectivity index (χ3n) is 5.48. The lowest BCUT2D eigenvalue weighted by molar-refractivity contribution is -0.223. The van der Waals surface area contributed by atoms with E-state index >= 15 is 0 Å². The molecule has 1 spiro atoms. The Balaban J connectivity index is 1.59. The zero-order chi connectivity index (χ0) is 14.7. The maximum Gasteiger partial charge on any atom is 0.297 e. The van der Waals surface area contributed by atoms with Crippen LogP contribution in [0.25, 0.3) is 0 Å². The normalized spacial score (nSPS) is 33.3. The molecule has 3 fully saturated rings. The topological polar surface area (TPSA) is 52.6 Å². The lowest BCUT2D eigenvalue weighted by Gasteiger charge is -2.61. The Morgan fingerprint density at radius 2 is 1.95 bits per heavy atom. The molecule has 0 N–H and O–H groups in total. The quantitative estimate of drug-likeness (QED) is 0.806. The molecule has 3 atom stereocenters. The van der Waals surface area contributed by atoms with Gasteiger partial charge in [0.1, 0.15) is 0 Å². The Hall–Kier alpha value is -0.910. The minimum absolute atomic E-state index is 0.0288. The van der Waals surface area contributed by atoms with Gasteiger partial charge < -0.3 is 4.74 Å². The minimum atomic E-state index is -3.68. The number of ether oxygens (including phenoxy) is 1. The summed E-state index contributed by atoms with van der Waals surface area (Å²) < 4.78 is 36.5. The molecule has 0 bridgehead atoms. The summed E-state index contributed by atoms with van der Waals surface area (Å²) in [6.45, 7) is 2.68. The average molecular weight is 308 g/mol. The van der Waals surface area contributed by atoms with Crippen LogP contribution in [-0.2, 0) is 19.0 Å². The fourth-order valence-corrected chi connectivity index (χ4v) is 5.38. The third-order valence-corrected chi connectivity index (χ3v) is 6.79. The monoisotopic (exact) mass is 308 g/mol. The molecule has 3 aliphatic rings. The summed E-state index contributed by atoms with van der Waals surface area (Å²) in [6.07, 6.45) is 4.16. The fraction of sp³-hybridized carbons (Fsp3) is 0.625. The molecule has 1 aromatic carbocycles. The van der Waals surface area contributed by atoms with Gasteiger partial charge in [-0.05, 0) is 38.3 Å². The molecule has 1 aliphatic heterocycles. The maximum atomic E-state index is 12.5. The molecule has 2 saturated carbocycles. The molecule has 4 rings (SSSR count). The van der Waals surface area contributed by atoms with E-state index in [1.165, 1.54) is 0 Å². The van der Waals surface area contributed by atoms with Crippen molar-refractivity contribution in [3.8, 4) is 0 Å². The van der Waals surface area contributed by atoms with E-state index in [1.54, 1.807) is 24.3 Å². The van der Waals surface area contributed by atoms with E-state index in [9.17, 15) is 8.42 Å². The molecule has 4 nitrogen and oxygen atoms in total. The van der Waals surface area contributed by atoms with Crippen LogP contribution in [0.2, 0.25) is 0 Å². The van der Waals surface area contributed by atoms with Crippen molar-refractivity contribution in [3.05, 3.63) is 29.8 Å². The largest absolute Gasteiger partial charge is 0.377 e. The van der Waals surface area contributed by atoms with Crippen molar-refractivity contribution in [1.29, 1.82) is 0 Å². The Morgan fingerprint density at radius 3 is 2.57 bits per heavy atom. The van der Waals surface area contributed by atoms with Crippen LogP contribution in [0, 0.1) is 18.3 Å². The molecular weight excluding hydrogens is 288 g/mol. The number of hydrogen-bond acceptors (Lipinski definition) is 4. The smallest absolute Gasteiger partial charge is 0.297 e. The van der Waals surface area contributed by atoms with E-state index in [4.69, 9.17) is 8.92 Å². The molecule has 114 valence electrons. The number of hydrogen-bond donors (Lipinski definition) is 0. The van der Waals surface area contributed by atoms with Crippen LogP contribution in [0.3, 0.4) is 0 Å². The van der Waals surface area contributed by atoms with E-state index < -0.39 is 10.1 Å². The van der Waals surface area contributed by atoms with Crippen LogP contribution in [0.1, 0.15) is 31.2 Å². The molecular formula is C16H20O4S. The Bertz CT molecular complexity index is 645. The molecule has 5 heteroatoms. The number of aryl methyl sites for hydroxylation is 1. The Kier molecular flexibility index (Phi) is 2.97. The lowest BCUT2D eigenvalue weighted by atomic mass is 9.48. The summed E-state index contributed by atoms with van der Waals surface area (Å²) in [7, 11) is -3.68. The molecule has 0 aromatic heterocycles. The van der Waals surface area contributed by atoms with E-state index in [2.05, 4.69) is 0 Å². The van der Waals surface area contributed by atoms with Gasteiger partial charge in [0.25, 0.3) is 10.1 Å². The Labute approximate surface area is 125 Å². The van der Waals surface area contributed by atoms with Crippen molar-refractivity contribution < 1.29 is 17.3 Å². The first-order valence-electron chi connectivity index (χ1n) is 7.64. The predicted octanol–water partition coefficient (Wildman–Crippen LogP) is 2.66. The van der Waals surface area contributed by atoms with Gasteiger partial charge >= 0.3 is 0 Å². The standard InChI is InChI=1S/C16H20O4S/c1-11-3-5-12(6-4-11)21(17,18)20-15-13-7-10-19-14(13)16(15)8-2-9-16/h3-6,13-15H,2,7-10H2,1H3. The highest BCUT2D eigenvalue weighted by atomic mass is 32.2. The van der Waals surface area contributed by atoms with Crippen molar-refractivity contribution in [2.75, 3.05) is 6.61 Å². The summed E-state index contributed by atoms with van der Waals surface area (Å²) in [5, 5.41) is 0. The highest BCUT2D eigenvalue weighted by Crippen LogP contribution is 2.64. The number of fused-ring (bicyclic) bond motifs is 2. The molecule has 0 amide bonds. The first-order chi connectivity index (χ1) is 10.0. The van der Waals surface area contributed by atoms with Crippen LogP contribution >= 0.6 is 0 Å². The fourth-order valence-electron chi connectivity index (χ4n) is 4.20. The van der Waals surface area contributed by atoms with E-state index in [-0.39, 0.29) is 28.4 Å². The van der Waals surface area contributed by atoms with Crippen molar-refractivity contribution in [2.24, 2.45) is 11.3 Å². The van der Waals surface area contributed by atoms with Gasteiger partial charge in [-0.25, -0.2) is 0 Å². The van der Waals surface area contributed by atoms with E-state index in [1.807, 2.05) is 6.92 Å². The van der Waals surface area contributed by atoms with Gasteiger partial charge in [-0.15, -0.1) is 0 Å². The van der Waals surface area contributed by atoms with Gasteiger partial charge in [0, 0.05) is 17.9 Å². The van der Waals surface area contributed by atoms with Gasteiger partial charge in [0.15, 0.2) is 0 Å². The molecule has 0 radical (unpaired) electrons. The van der Waals surface area contributed by atoms with Crippen molar-refractivity contribution in [2.45, 2.75) is 49.7 Å². The van der Waals surface area contributed by atoms with Gasteiger partial charge in [-0.2, -0.15) is 8.42 Å². The molecule has 3 unspecified atom stereocenters. The zero-order valence-corrected chi connectivity index (χ0v) is 12.9. The summed E-state index contributed by atoms with van der Waals surface area (Å²) in [6, 6.07) is 6.86. The Morgan fingerprint density at radius 1 is 1.24 bits per heavy atom. The summed E-state index contributed by atoms with van der Waals surface area (Å²) in [5.41, 5.74) is 1.01. The molecule has 1 aromatic rings. The average Bonchev–Trinajstić information content (AvgIpc) is 2.80. The van der Waals surface area contributed by atoms with Crippen LogP contribution in [-0.4, -0.2) is 27.2 Å². The molecule has 1 saturated heterocycles. The number of benzene rings is 1. The molecule has 2 aliphatic carbocycles. The highest BCUT2D eigenvalue weighted by molar-refractivity contribution is 7.86. The van der Waals surface area contributed by atoms with Crippen molar-refractivity contribution in [3.63, 3.8) is 0 Å². The summed E-state index contributed by atoms with van der Waals surface area (Å²) in [5.74, 6) is 0.255. The number of rotatable bonds is 3. The highest BCUT2D eigenvalue weighted by Gasteiger charge is 2.68. The van der Waals surface area contributed by atoms with E-state index in [0.29, 0.717) is 0 Å². The SMILES string of the molecule is Cc1ccc(S(=O)(=O)OC2C3CCOC3C23CCC3)cc1. The lowest BCUT2D eigenvalue weighted by Crippen LogP contribution is -2.67. The van der Waals surface area contributed by atoms with E-state index in [0.717, 1.165) is 37.9 Å². The first kappa shape index (κ1) is 13.7. The second-order valence-corrected chi connectivity index (χ2v) is 8.19. The van der Waals surface area contributed by atoms with Crippen LogP contribution in [0.5, 0.6) is 0 Å². The molecule has 1 heterocycles. The van der Waals surface area contributed by atoms with Gasteiger partial charge in [-0.3, -0.25) is 4.18 Å². The second-order valence-electron chi connectivity index (χ2n) is 6.61. The molecule has 21 heavy (non-hydrogen) atoms. The summed E-state index contributed by atoms with van der Waals surface area (Å²) >= 11 is 0. The van der Waals surface area contributed by atoms with Gasteiger partial charge in [0.05, 0.1) is 17.1 Å². The zero-order valence-electron chi connectivity index (χ0n) is 12.1. The predicted molar refractivity (Wildman–Crippen MR) is 77.4 cm³/mol. The third kappa shape index (κ3) is 1.91. The van der Waals surface area contributed by atoms with Crippen LogP contribution in [0.4, 0.5) is 0 Å². The van der Waals surface area contributed by atoms with Crippen molar-refractivity contribution in [1.82, 2.24) is 0 Å². The second kappa shape index (κ2) is 4.54. The van der Waals surface area contributed by atoms with Crippen LogP contribution in [0.15, 0.2) is 29.2 Å². The first-order valence-corrected chi connectivity index (χ1v) is 9.05. The summed E-state index contributed by atoms with van der Waals surface area (Å²) in [4.78, 5) is 0.255. The van der Waals surface area contributed by atoms with Crippen molar-refractivity contribution >= 4 is 10.1 Å².